The van der Waals surface area contributed by atoms with Crippen LogP contribution in [0.4, 0.5) is 13.2 Å². The molecule has 1 saturated carbocycles. The van der Waals surface area contributed by atoms with E-state index in [-0.39, 0.29) is 36.0 Å². The lowest BCUT2D eigenvalue weighted by Crippen LogP contribution is -2.52. The number of nitrogens with zero attached hydrogens (tertiary/aromatic N) is 3. The van der Waals surface area contributed by atoms with Crippen molar-refractivity contribution >= 4 is 29.1 Å². The minimum atomic E-state index is -4.79. The number of rotatable bonds is 6. The summed E-state index contributed by atoms with van der Waals surface area (Å²) in [5.74, 6) is -1.83. The molecule has 37 heavy (non-hydrogen) atoms. The molecule has 1 aromatic carbocycles. The SMILES string of the molecule is CO[C@@H]1CCCC[C@@H]1NC1CCN(C(=O)c2nc(C(F)(F)F)nc(Cc3ccc(Cl)c(Cl)c3)c2C)CC1. The van der Waals surface area contributed by atoms with Crippen LogP contribution in [0.2, 0.25) is 10.0 Å². The molecule has 0 radical (unpaired) electrons. The number of hydrogen-bond donors (Lipinski definition) is 1. The number of methoxy groups -OCH3 is 1. The van der Waals surface area contributed by atoms with E-state index in [4.69, 9.17) is 27.9 Å². The van der Waals surface area contributed by atoms with Gasteiger partial charge in [0.25, 0.3) is 5.91 Å². The Kier molecular flexibility index (Phi) is 8.99. The smallest absolute Gasteiger partial charge is 0.380 e. The zero-order valence-corrected chi connectivity index (χ0v) is 22.4. The van der Waals surface area contributed by atoms with Gasteiger partial charge in [0.2, 0.25) is 5.82 Å². The molecule has 4 rings (SSSR count). The van der Waals surface area contributed by atoms with Gasteiger partial charge in [0.05, 0.1) is 21.8 Å². The molecule has 0 spiro atoms. The molecule has 6 nitrogen and oxygen atoms in total. The molecule has 2 heterocycles. The summed E-state index contributed by atoms with van der Waals surface area (Å²) < 4.78 is 46.6. The van der Waals surface area contributed by atoms with Gasteiger partial charge in [0.15, 0.2) is 0 Å². The molecular weight excluding hydrogens is 528 g/mol. The van der Waals surface area contributed by atoms with E-state index in [1.807, 2.05) is 0 Å². The van der Waals surface area contributed by atoms with Gasteiger partial charge in [0.1, 0.15) is 5.69 Å². The third kappa shape index (κ3) is 6.74. The molecule has 2 aliphatic rings. The predicted octanol–water partition coefficient (Wildman–Crippen LogP) is 5.85. The van der Waals surface area contributed by atoms with Gasteiger partial charge in [-0.15, -0.1) is 0 Å². The van der Waals surface area contributed by atoms with Gasteiger partial charge in [-0.1, -0.05) is 42.1 Å². The Morgan fingerprint density at radius 1 is 1.11 bits per heavy atom. The number of halogens is 5. The molecule has 1 aromatic heterocycles. The molecule has 1 N–H and O–H groups in total. The molecule has 0 bridgehead atoms. The first-order valence-corrected chi connectivity index (χ1v) is 13.3. The summed E-state index contributed by atoms with van der Waals surface area (Å²) in [4.78, 5) is 22.4. The second-order valence-corrected chi connectivity index (χ2v) is 10.6. The molecular formula is C26H31Cl2F3N4O2. The number of piperidine rings is 1. The van der Waals surface area contributed by atoms with Gasteiger partial charge >= 0.3 is 6.18 Å². The third-order valence-electron chi connectivity index (χ3n) is 7.30. The number of amides is 1. The lowest BCUT2D eigenvalue weighted by atomic mass is 9.90. The fourth-order valence-corrected chi connectivity index (χ4v) is 5.51. The molecule has 2 atom stereocenters. The van der Waals surface area contributed by atoms with Gasteiger partial charge in [0, 0.05) is 44.3 Å². The summed E-state index contributed by atoms with van der Waals surface area (Å²) in [5, 5.41) is 4.32. The number of aromatic nitrogens is 2. The Labute approximate surface area is 224 Å². The molecule has 1 amide bonds. The lowest BCUT2D eigenvalue weighted by molar-refractivity contribution is -0.145. The van der Waals surface area contributed by atoms with Crippen molar-refractivity contribution in [3.8, 4) is 0 Å². The number of likely N-dealkylation sites (tertiary alicyclic amines) is 1. The maximum absolute atomic E-state index is 13.7. The van der Waals surface area contributed by atoms with Gasteiger partial charge < -0.3 is 15.0 Å². The van der Waals surface area contributed by atoms with Gasteiger partial charge in [-0.05, 0) is 50.3 Å². The predicted molar refractivity (Wildman–Crippen MR) is 136 cm³/mol. The molecule has 11 heteroatoms. The zero-order valence-electron chi connectivity index (χ0n) is 20.9. The fourth-order valence-electron chi connectivity index (χ4n) is 5.18. The van der Waals surface area contributed by atoms with Crippen LogP contribution in [0.3, 0.4) is 0 Å². The molecule has 0 unspecified atom stereocenters. The molecule has 202 valence electrons. The minimum absolute atomic E-state index is 0.0582. The quantitative estimate of drug-likeness (QED) is 0.481. The van der Waals surface area contributed by atoms with E-state index < -0.39 is 17.9 Å². The third-order valence-corrected chi connectivity index (χ3v) is 8.03. The monoisotopic (exact) mass is 558 g/mol. The van der Waals surface area contributed by atoms with E-state index >= 15 is 0 Å². The Hall–Kier alpha value is -1.94. The maximum Gasteiger partial charge on any atom is 0.451 e. The summed E-state index contributed by atoms with van der Waals surface area (Å²) in [6.07, 6.45) is 1.29. The average molecular weight is 559 g/mol. The lowest BCUT2D eigenvalue weighted by Gasteiger charge is -2.38. The Balaban J connectivity index is 1.50. The number of carbonyl (C=O) groups excluding carboxylic acids is 1. The van der Waals surface area contributed by atoms with E-state index in [0.29, 0.717) is 47.1 Å². The topological polar surface area (TPSA) is 67.3 Å². The van der Waals surface area contributed by atoms with Gasteiger partial charge in [-0.2, -0.15) is 13.2 Å². The maximum atomic E-state index is 13.7. The van der Waals surface area contributed by atoms with Crippen molar-refractivity contribution in [1.82, 2.24) is 20.2 Å². The molecule has 1 saturated heterocycles. The number of nitrogens with one attached hydrogen (secondary N) is 1. The Bertz CT molecular complexity index is 1120. The summed E-state index contributed by atoms with van der Waals surface area (Å²) in [6, 6.07) is 5.34. The first-order valence-electron chi connectivity index (χ1n) is 12.5. The van der Waals surface area contributed by atoms with E-state index in [0.717, 1.165) is 25.7 Å². The average Bonchev–Trinajstić information content (AvgIpc) is 2.87. The number of hydrogen-bond acceptors (Lipinski definition) is 5. The number of benzene rings is 1. The van der Waals surface area contributed by atoms with Gasteiger partial charge in [-0.3, -0.25) is 4.79 Å². The van der Waals surface area contributed by atoms with Crippen LogP contribution in [-0.2, 0) is 17.3 Å². The van der Waals surface area contributed by atoms with Crippen LogP contribution >= 0.6 is 23.2 Å². The summed E-state index contributed by atoms with van der Waals surface area (Å²) >= 11 is 12.0. The normalized spacial score (nSPS) is 21.3. The van der Waals surface area contributed by atoms with Crippen LogP contribution in [0.5, 0.6) is 0 Å². The molecule has 1 aliphatic carbocycles. The van der Waals surface area contributed by atoms with E-state index in [2.05, 4.69) is 15.3 Å². The zero-order chi connectivity index (χ0) is 26.7. The van der Waals surface area contributed by atoms with E-state index in [1.54, 1.807) is 37.1 Å². The molecule has 1 aliphatic heterocycles. The molecule has 2 fully saturated rings. The van der Waals surface area contributed by atoms with Crippen LogP contribution < -0.4 is 5.32 Å². The summed E-state index contributed by atoms with van der Waals surface area (Å²) in [5.41, 5.74) is 0.875. The summed E-state index contributed by atoms with van der Waals surface area (Å²) in [6.45, 7) is 2.46. The highest BCUT2D eigenvalue weighted by Crippen LogP contribution is 2.30. The largest absolute Gasteiger partial charge is 0.451 e. The van der Waals surface area contributed by atoms with E-state index in [1.165, 1.54) is 0 Å². The van der Waals surface area contributed by atoms with Crippen molar-refractivity contribution in [3.05, 3.63) is 56.6 Å². The van der Waals surface area contributed by atoms with E-state index in [9.17, 15) is 18.0 Å². The Morgan fingerprint density at radius 2 is 1.81 bits per heavy atom. The second kappa shape index (κ2) is 11.8. The Morgan fingerprint density at radius 3 is 2.46 bits per heavy atom. The van der Waals surface area contributed by atoms with Crippen molar-refractivity contribution in [3.63, 3.8) is 0 Å². The first-order chi connectivity index (χ1) is 17.6. The second-order valence-electron chi connectivity index (χ2n) is 9.79. The van der Waals surface area contributed by atoms with Crippen LogP contribution in [-0.4, -0.2) is 59.2 Å². The highest BCUT2D eigenvalue weighted by molar-refractivity contribution is 6.42. The van der Waals surface area contributed by atoms with Crippen LogP contribution in [0, 0.1) is 6.92 Å². The van der Waals surface area contributed by atoms with Crippen LogP contribution in [0.25, 0.3) is 0 Å². The standard InChI is InChI=1S/C26H31Cl2F3N4O2/c1-15-21(14-16-7-8-18(27)19(28)13-16)33-25(26(29,30)31)34-23(15)24(36)35-11-9-17(10-12-35)32-20-5-3-4-6-22(20)37-2/h7-8,13,17,20,22,32H,3-6,9-12,14H2,1-2H3/t20-,22+/m0/s1. The molecule has 2 aromatic rings. The van der Waals surface area contributed by atoms with Crippen molar-refractivity contribution in [2.24, 2.45) is 0 Å². The van der Waals surface area contributed by atoms with Crippen molar-refractivity contribution in [1.29, 1.82) is 0 Å². The summed E-state index contributed by atoms with van der Waals surface area (Å²) in [7, 11) is 1.74. The van der Waals surface area contributed by atoms with Crippen molar-refractivity contribution < 1.29 is 22.7 Å². The van der Waals surface area contributed by atoms with Gasteiger partial charge in [-0.25, -0.2) is 9.97 Å². The van der Waals surface area contributed by atoms with Crippen molar-refractivity contribution in [2.75, 3.05) is 20.2 Å². The first kappa shape index (κ1) is 28.1. The fraction of sp³-hybridized carbons (Fsp3) is 0.577. The number of ether oxygens (including phenoxy) is 1. The minimum Gasteiger partial charge on any atom is -0.380 e. The highest BCUT2D eigenvalue weighted by Gasteiger charge is 2.38. The van der Waals surface area contributed by atoms with Crippen LogP contribution in [0.1, 0.15) is 71.7 Å². The number of carbonyl (C=O) groups is 1. The van der Waals surface area contributed by atoms with Crippen LogP contribution in [0.15, 0.2) is 18.2 Å². The highest BCUT2D eigenvalue weighted by atomic mass is 35.5. The van der Waals surface area contributed by atoms with Crippen molar-refractivity contribution in [2.45, 2.75) is 76.2 Å². The number of alkyl halides is 3.